The van der Waals surface area contributed by atoms with Crippen molar-refractivity contribution >= 4 is 21.8 Å². The maximum Gasteiger partial charge on any atom is 0.259 e. The van der Waals surface area contributed by atoms with Crippen molar-refractivity contribution in [2.24, 2.45) is 0 Å². The highest BCUT2D eigenvalue weighted by molar-refractivity contribution is 6.03. The summed E-state index contributed by atoms with van der Waals surface area (Å²) >= 11 is 0. The number of ether oxygens (including phenoxy) is 3. The molecule has 1 saturated heterocycles. The molecule has 4 aromatic rings. The molecule has 0 radical (unpaired) electrons. The van der Waals surface area contributed by atoms with E-state index in [1.807, 2.05) is 42.5 Å². The molecule has 8 heteroatoms. The summed E-state index contributed by atoms with van der Waals surface area (Å²) in [6.07, 6.45) is 2.69. The number of pyridine rings is 1. The van der Waals surface area contributed by atoms with Crippen LogP contribution in [0.1, 0.15) is 6.42 Å². The molecule has 1 aliphatic heterocycles. The number of H-pyrrole nitrogens is 1. The van der Waals surface area contributed by atoms with Gasteiger partial charge in [0, 0.05) is 43.4 Å². The first-order valence-electron chi connectivity index (χ1n) is 10.8. The van der Waals surface area contributed by atoms with Crippen molar-refractivity contribution in [1.29, 1.82) is 0 Å². The molecular formula is C24H26N4O4. The quantitative estimate of drug-likeness (QED) is 0.451. The maximum atomic E-state index is 12.7. The van der Waals surface area contributed by atoms with E-state index in [2.05, 4.69) is 15.0 Å². The highest BCUT2D eigenvalue weighted by Gasteiger charge is 2.13. The molecule has 3 heterocycles. The van der Waals surface area contributed by atoms with E-state index < -0.39 is 0 Å². The van der Waals surface area contributed by atoms with Crippen molar-refractivity contribution in [2.75, 3.05) is 46.6 Å². The number of aromatic nitrogens is 3. The van der Waals surface area contributed by atoms with E-state index >= 15 is 0 Å². The zero-order valence-electron chi connectivity index (χ0n) is 18.0. The number of hydrogen-bond donors (Lipinski definition) is 1. The minimum absolute atomic E-state index is 0.175. The molecule has 0 unspecified atom stereocenters. The highest BCUT2D eigenvalue weighted by atomic mass is 16.5. The Labute approximate surface area is 185 Å². The Bertz CT molecular complexity index is 1290. The van der Waals surface area contributed by atoms with Crippen LogP contribution >= 0.6 is 0 Å². The van der Waals surface area contributed by atoms with Crippen LogP contribution in [0.4, 0.5) is 0 Å². The molecule has 2 aromatic heterocycles. The zero-order chi connectivity index (χ0) is 21.9. The Balaban J connectivity index is 1.36. The van der Waals surface area contributed by atoms with Crippen molar-refractivity contribution < 1.29 is 14.2 Å². The topological polar surface area (TPSA) is 81.6 Å². The highest BCUT2D eigenvalue weighted by Crippen LogP contribution is 2.25. The fraction of sp³-hybridized carbons (Fsp3) is 0.333. The van der Waals surface area contributed by atoms with Crippen LogP contribution in [0, 0.1) is 0 Å². The van der Waals surface area contributed by atoms with E-state index in [-0.39, 0.29) is 5.56 Å². The SMILES string of the molecule is COc1cccc(-n2cc3c(=O)[nH]c4cc(OCCCN5CCOCC5)ccc4c3n2)c1. The predicted octanol–water partition coefficient (Wildman–Crippen LogP) is 2.98. The Morgan fingerprint density at radius 3 is 2.81 bits per heavy atom. The molecule has 0 amide bonds. The van der Waals surface area contributed by atoms with Crippen LogP contribution in [-0.4, -0.2) is 66.2 Å². The van der Waals surface area contributed by atoms with Gasteiger partial charge in [0.15, 0.2) is 0 Å². The summed E-state index contributed by atoms with van der Waals surface area (Å²) in [5.74, 6) is 1.47. The van der Waals surface area contributed by atoms with Crippen LogP contribution < -0.4 is 15.0 Å². The summed E-state index contributed by atoms with van der Waals surface area (Å²) in [6.45, 7) is 5.20. The molecule has 0 saturated carbocycles. The number of benzene rings is 2. The molecular weight excluding hydrogens is 408 g/mol. The van der Waals surface area contributed by atoms with Gasteiger partial charge >= 0.3 is 0 Å². The predicted molar refractivity (Wildman–Crippen MR) is 123 cm³/mol. The van der Waals surface area contributed by atoms with E-state index in [1.54, 1.807) is 18.0 Å². The summed E-state index contributed by atoms with van der Waals surface area (Å²) in [7, 11) is 1.62. The fourth-order valence-corrected chi connectivity index (χ4v) is 4.04. The summed E-state index contributed by atoms with van der Waals surface area (Å²) in [6, 6.07) is 13.3. The van der Waals surface area contributed by atoms with Gasteiger partial charge in [-0.3, -0.25) is 9.69 Å². The van der Waals surface area contributed by atoms with Crippen molar-refractivity contribution in [3.05, 3.63) is 59.0 Å². The minimum atomic E-state index is -0.175. The molecule has 166 valence electrons. The van der Waals surface area contributed by atoms with Crippen molar-refractivity contribution in [1.82, 2.24) is 19.7 Å². The van der Waals surface area contributed by atoms with Crippen LogP contribution in [0.5, 0.6) is 11.5 Å². The Morgan fingerprint density at radius 2 is 1.97 bits per heavy atom. The van der Waals surface area contributed by atoms with Crippen molar-refractivity contribution in [3.8, 4) is 17.2 Å². The average molecular weight is 434 g/mol. The standard InChI is InChI=1S/C24H26N4O4/c1-30-18-5-2-4-17(14-18)28-16-21-23(26-28)20-7-6-19(15-22(20)25-24(21)29)32-11-3-8-27-9-12-31-13-10-27/h2,4-7,14-16H,3,8-13H2,1H3,(H,25,29). The number of hydrogen-bond acceptors (Lipinski definition) is 6. The summed E-state index contributed by atoms with van der Waals surface area (Å²) in [5, 5.41) is 6.11. The molecule has 1 N–H and O–H groups in total. The Morgan fingerprint density at radius 1 is 1.09 bits per heavy atom. The Hall–Kier alpha value is -3.36. The van der Waals surface area contributed by atoms with Crippen LogP contribution in [0.2, 0.25) is 0 Å². The van der Waals surface area contributed by atoms with Crippen molar-refractivity contribution in [2.45, 2.75) is 6.42 Å². The molecule has 1 fully saturated rings. The number of methoxy groups -OCH3 is 1. The van der Waals surface area contributed by atoms with Crippen LogP contribution in [0.3, 0.4) is 0 Å². The summed E-state index contributed by atoms with van der Waals surface area (Å²) < 4.78 is 18.3. The minimum Gasteiger partial charge on any atom is -0.497 e. The monoisotopic (exact) mass is 434 g/mol. The van der Waals surface area contributed by atoms with Gasteiger partial charge in [0.1, 0.15) is 17.0 Å². The number of nitrogens with zero attached hydrogens (tertiary/aromatic N) is 3. The van der Waals surface area contributed by atoms with E-state index in [0.29, 0.717) is 23.0 Å². The maximum absolute atomic E-state index is 12.7. The second-order valence-electron chi connectivity index (χ2n) is 7.85. The lowest BCUT2D eigenvalue weighted by Crippen LogP contribution is -2.37. The van der Waals surface area contributed by atoms with E-state index in [0.717, 1.165) is 61.8 Å². The number of nitrogens with one attached hydrogen (secondary N) is 1. The van der Waals surface area contributed by atoms with E-state index in [1.165, 1.54) is 0 Å². The van der Waals surface area contributed by atoms with Crippen LogP contribution in [0.25, 0.3) is 27.5 Å². The first-order valence-corrected chi connectivity index (χ1v) is 10.8. The third-order valence-electron chi connectivity index (χ3n) is 5.76. The lowest BCUT2D eigenvalue weighted by molar-refractivity contribution is 0.0358. The molecule has 0 aliphatic carbocycles. The third-order valence-corrected chi connectivity index (χ3v) is 5.76. The number of rotatable bonds is 7. The molecule has 0 spiro atoms. The normalized spacial score (nSPS) is 14.8. The van der Waals surface area contributed by atoms with Crippen LogP contribution in [-0.2, 0) is 4.74 Å². The average Bonchev–Trinajstić information content (AvgIpc) is 3.29. The van der Waals surface area contributed by atoms with Gasteiger partial charge in [-0.25, -0.2) is 4.68 Å². The largest absolute Gasteiger partial charge is 0.497 e. The molecule has 5 rings (SSSR count). The van der Waals surface area contributed by atoms with E-state index in [4.69, 9.17) is 14.2 Å². The third kappa shape index (κ3) is 4.19. The van der Waals surface area contributed by atoms with Gasteiger partial charge in [0.25, 0.3) is 5.56 Å². The van der Waals surface area contributed by atoms with Gasteiger partial charge in [0.05, 0.1) is 43.5 Å². The van der Waals surface area contributed by atoms with Gasteiger partial charge in [0.2, 0.25) is 0 Å². The molecule has 0 bridgehead atoms. The molecule has 0 atom stereocenters. The molecule has 32 heavy (non-hydrogen) atoms. The van der Waals surface area contributed by atoms with Gasteiger partial charge in [-0.1, -0.05) is 6.07 Å². The number of morpholine rings is 1. The van der Waals surface area contributed by atoms with Gasteiger partial charge < -0.3 is 19.2 Å². The second kappa shape index (κ2) is 9.02. The van der Waals surface area contributed by atoms with Crippen molar-refractivity contribution in [3.63, 3.8) is 0 Å². The zero-order valence-corrected chi connectivity index (χ0v) is 18.0. The van der Waals surface area contributed by atoms with Crippen LogP contribution in [0.15, 0.2) is 53.5 Å². The van der Waals surface area contributed by atoms with Gasteiger partial charge in [-0.05, 0) is 30.7 Å². The lowest BCUT2D eigenvalue weighted by Gasteiger charge is -2.26. The lowest BCUT2D eigenvalue weighted by atomic mass is 10.1. The smallest absolute Gasteiger partial charge is 0.259 e. The molecule has 8 nitrogen and oxygen atoms in total. The fourth-order valence-electron chi connectivity index (χ4n) is 4.04. The summed E-state index contributed by atoms with van der Waals surface area (Å²) in [4.78, 5) is 18.1. The molecule has 1 aliphatic rings. The number of aromatic amines is 1. The van der Waals surface area contributed by atoms with E-state index in [9.17, 15) is 4.79 Å². The molecule has 2 aromatic carbocycles. The van der Waals surface area contributed by atoms with Gasteiger partial charge in [-0.2, -0.15) is 5.10 Å². The number of fused-ring (bicyclic) bond motifs is 3. The van der Waals surface area contributed by atoms with Gasteiger partial charge in [-0.15, -0.1) is 0 Å². The Kier molecular flexibility index (Phi) is 5.79. The first kappa shape index (κ1) is 20.5. The second-order valence-corrected chi connectivity index (χ2v) is 7.85. The summed E-state index contributed by atoms with van der Waals surface area (Å²) in [5.41, 5.74) is 2.02. The first-order chi connectivity index (χ1) is 15.7.